The fourth-order valence-corrected chi connectivity index (χ4v) is 1.33. The molecular formula is C12H24. The van der Waals surface area contributed by atoms with E-state index in [1.165, 1.54) is 44.9 Å². The van der Waals surface area contributed by atoms with Crippen molar-refractivity contribution in [1.29, 1.82) is 0 Å². The minimum Gasteiger partial charge on any atom is -0.0887 e. The molecule has 0 heteroatoms. The lowest BCUT2D eigenvalue weighted by atomic mass is 10.1. The van der Waals surface area contributed by atoms with Crippen LogP contribution in [0.1, 0.15) is 65.7 Å². The molecule has 0 aliphatic heterocycles. The van der Waals surface area contributed by atoms with Crippen LogP contribution in [0, 0.1) is 0 Å². The molecule has 0 nitrogen and oxygen atoms in total. The molecule has 0 heterocycles. The van der Waals surface area contributed by atoms with Crippen LogP contribution < -0.4 is 0 Å². The Morgan fingerprint density at radius 3 is 2.17 bits per heavy atom. The monoisotopic (exact) mass is 168 g/mol. The molecule has 0 N–H and O–H groups in total. The third-order valence-corrected chi connectivity index (χ3v) is 2.42. The van der Waals surface area contributed by atoms with Crippen LogP contribution in [0.4, 0.5) is 0 Å². The van der Waals surface area contributed by atoms with Gasteiger partial charge in [-0.2, -0.15) is 0 Å². The summed E-state index contributed by atoms with van der Waals surface area (Å²) < 4.78 is 0. The van der Waals surface area contributed by atoms with Crippen LogP contribution in [0.3, 0.4) is 0 Å². The van der Waals surface area contributed by atoms with Gasteiger partial charge in [-0.15, -0.1) is 0 Å². The second-order valence-corrected chi connectivity index (χ2v) is 3.65. The van der Waals surface area contributed by atoms with Gasteiger partial charge in [-0.3, -0.25) is 0 Å². The fraction of sp³-hybridized carbons (Fsp3) is 0.833. The van der Waals surface area contributed by atoms with Crippen molar-refractivity contribution in [1.82, 2.24) is 0 Å². The van der Waals surface area contributed by atoms with Gasteiger partial charge in [0.05, 0.1) is 0 Å². The van der Waals surface area contributed by atoms with Gasteiger partial charge in [0, 0.05) is 0 Å². The molecule has 0 amide bonds. The zero-order valence-electron chi connectivity index (χ0n) is 9.03. The first-order valence-corrected chi connectivity index (χ1v) is 5.43. The average molecular weight is 168 g/mol. The van der Waals surface area contributed by atoms with Gasteiger partial charge in [-0.1, -0.05) is 50.7 Å². The van der Waals surface area contributed by atoms with E-state index in [0.29, 0.717) is 0 Å². The molecule has 0 aliphatic rings. The smallest absolute Gasteiger partial charge is 0.0323 e. The summed E-state index contributed by atoms with van der Waals surface area (Å²) in [6.45, 7) is 6.63. The summed E-state index contributed by atoms with van der Waals surface area (Å²) in [5, 5.41) is 0. The van der Waals surface area contributed by atoms with Crippen molar-refractivity contribution < 1.29 is 0 Å². The number of allylic oxidation sites excluding steroid dienone is 2. The molecule has 0 spiro atoms. The topological polar surface area (TPSA) is 0 Å². The molecule has 12 heavy (non-hydrogen) atoms. The SMILES string of the molecule is C/C=C(/C)CCCCCCCC. The fourth-order valence-electron chi connectivity index (χ4n) is 1.33. The van der Waals surface area contributed by atoms with E-state index in [2.05, 4.69) is 26.8 Å². The van der Waals surface area contributed by atoms with Gasteiger partial charge < -0.3 is 0 Å². The lowest BCUT2D eigenvalue weighted by molar-refractivity contribution is 0.606. The van der Waals surface area contributed by atoms with Crippen LogP contribution in [0.25, 0.3) is 0 Å². The summed E-state index contributed by atoms with van der Waals surface area (Å²) in [6.07, 6.45) is 12.0. The molecule has 0 saturated carbocycles. The Balaban J connectivity index is 3.00. The molecule has 0 saturated heterocycles. The Morgan fingerprint density at radius 1 is 1.00 bits per heavy atom. The molecule has 0 radical (unpaired) electrons. The van der Waals surface area contributed by atoms with Gasteiger partial charge in [0.15, 0.2) is 0 Å². The number of unbranched alkanes of at least 4 members (excludes halogenated alkanes) is 5. The van der Waals surface area contributed by atoms with Crippen molar-refractivity contribution in [3.05, 3.63) is 11.6 Å². The zero-order chi connectivity index (χ0) is 9.23. The van der Waals surface area contributed by atoms with Crippen molar-refractivity contribution in [3.8, 4) is 0 Å². The molecule has 0 rings (SSSR count). The van der Waals surface area contributed by atoms with Gasteiger partial charge in [0.1, 0.15) is 0 Å². The summed E-state index contributed by atoms with van der Waals surface area (Å²) >= 11 is 0. The number of hydrogen-bond donors (Lipinski definition) is 0. The van der Waals surface area contributed by atoms with Gasteiger partial charge in [0.2, 0.25) is 0 Å². The molecule has 0 aromatic heterocycles. The normalized spacial score (nSPS) is 12.1. The van der Waals surface area contributed by atoms with Crippen molar-refractivity contribution in [3.63, 3.8) is 0 Å². The maximum Gasteiger partial charge on any atom is -0.0323 e. The summed E-state index contributed by atoms with van der Waals surface area (Å²) in [6, 6.07) is 0. The van der Waals surface area contributed by atoms with Gasteiger partial charge in [-0.05, 0) is 26.7 Å². The van der Waals surface area contributed by atoms with Crippen molar-refractivity contribution in [2.45, 2.75) is 65.7 Å². The average Bonchev–Trinajstić information content (AvgIpc) is 2.10. The van der Waals surface area contributed by atoms with Gasteiger partial charge in [-0.25, -0.2) is 0 Å². The summed E-state index contributed by atoms with van der Waals surface area (Å²) in [4.78, 5) is 0. The Bertz CT molecular complexity index is 111. The molecular weight excluding hydrogens is 144 g/mol. The van der Waals surface area contributed by atoms with Crippen LogP contribution in [0.15, 0.2) is 11.6 Å². The summed E-state index contributed by atoms with van der Waals surface area (Å²) in [5.41, 5.74) is 1.55. The Labute approximate surface area is 78.1 Å². The largest absolute Gasteiger partial charge is 0.0887 e. The minimum atomic E-state index is 1.31. The zero-order valence-corrected chi connectivity index (χ0v) is 9.03. The first-order chi connectivity index (χ1) is 5.81. The first-order valence-electron chi connectivity index (χ1n) is 5.43. The van der Waals surface area contributed by atoms with Crippen LogP contribution in [-0.2, 0) is 0 Å². The maximum absolute atomic E-state index is 2.27. The molecule has 0 unspecified atom stereocenters. The van der Waals surface area contributed by atoms with Crippen LogP contribution >= 0.6 is 0 Å². The van der Waals surface area contributed by atoms with E-state index in [4.69, 9.17) is 0 Å². The molecule has 72 valence electrons. The highest BCUT2D eigenvalue weighted by Gasteiger charge is 1.90. The molecule has 0 aromatic rings. The van der Waals surface area contributed by atoms with E-state index >= 15 is 0 Å². The molecule has 0 bridgehead atoms. The van der Waals surface area contributed by atoms with Crippen molar-refractivity contribution in [2.75, 3.05) is 0 Å². The highest BCUT2D eigenvalue weighted by molar-refractivity contribution is 4.94. The first kappa shape index (κ1) is 11.7. The van der Waals surface area contributed by atoms with Crippen molar-refractivity contribution in [2.24, 2.45) is 0 Å². The molecule has 0 atom stereocenters. The van der Waals surface area contributed by atoms with E-state index in [1.54, 1.807) is 5.57 Å². The summed E-state index contributed by atoms with van der Waals surface area (Å²) in [5.74, 6) is 0. The lowest BCUT2D eigenvalue weighted by Gasteiger charge is -2.00. The Hall–Kier alpha value is -0.260. The lowest BCUT2D eigenvalue weighted by Crippen LogP contribution is -1.80. The van der Waals surface area contributed by atoms with E-state index in [1.807, 2.05) is 0 Å². The molecule has 0 fully saturated rings. The third kappa shape index (κ3) is 7.84. The van der Waals surface area contributed by atoms with Gasteiger partial charge >= 0.3 is 0 Å². The predicted octanol–water partition coefficient (Wildman–Crippen LogP) is 4.70. The number of rotatable bonds is 7. The van der Waals surface area contributed by atoms with Gasteiger partial charge in [0.25, 0.3) is 0 Å². The maximum atomic E-state index is 2.27. The summed E-state index contributed by atoms with van der Waals surface area (Å²) in [7, 11) is 0. The Morgan fingerprint density at radius 2 is 1.58 bits per heavy atom. The highest BCUT2D eigenvalue weighted by atomic mass is 14.0. The standard InChI is InChI=1S/C12H24/c1-4-6-7-8-9-10-11-12(3)5-2/h5H,4,6-11H2,1-3H3/b12-5-. The molecule has 0 aromatic carbocycles. The van der Waals surface area contributed by atoms with E-state index in [9.17, 15) is 0 Å². The predicted molar refractivity (Wildman–Crippen MR) is 57.4 cm³/mol. The Kier molecular flexibility index (Phi) is 8.64. The van der Waals surface area contributed by atoms with Crippen molar-refractivity contribution >= 4 is 0 Å². The van der Waals surface area contributed by atoms with E-state index in [0.717, 1.165) is 0 Å². The van der Waals surface area contributed by atoms with E-state index in [-0.39, 0.29) is 0 Å². The van der Waals surface area contributed by atoms with E-state index < -0.39 is 0 Å². The van der Waals surface area contributed by atoms with Crippen LogP contribution in [0.2, 0.25) is 0 Å². The van der Waals surface area contributed by atoms with Crippen LogP contribution in [-0.4, -0.2) is 0 Å². The molecule has 0 aliphatic carbocycles. The van der Waals surface area contributed by atoms with Crippen LogP contribution in [0.5, 0.6) is 0 Å². The number of hydrogen-bond acceptors (Lipinski definition) is 0. The highest BCUT2D eigenvalue weighted by Crippen LogP contribution is 2.10. The minimum absolute atomic E-state index is 1.31. The quantitative estimate of drug-likeness (QED) is 0.382. The third-order valence-electron chi connectivity index (χ3n) is 2.42. The second-order valence-electron chi connectivity index (χ2n) is 3.65. The second kappa shape index (κ2) is 8.83.